The second-order valence-corrected chi connectivity index (χ2v) is 7.70. The summed E-state index contributed by atoms with van der Waals surface area (Å²) in [4.78, 5) is 19.3. The number of hydrogen-bond donors (Lipinski definition) is 1. The second-order valence-electron chi connectivity index (χ2n) is 6.91. The van der Waals surface area contributed by atoms with Crippen molar-refractivity contribution in [3.8, 4) is 0 Å². The molecule has 6 nitrogen and oxygen atoms in total. The first-order chi connectivity index (χ1) is 12.5. The van der Waals surface area contributed by atoms with E-state index in [-0.39, 0.29) is 11.9 Å². The lowest BCUT2D eigenvalue weighted by atomic mass is 10.1. The van der Waals surface area contributed by atoms with Crippen molar-refractivity contribution in [3.05, 3.63) is 63.5 Å². The molecule has 2 aromatic heterocycles. The maximum Gasteiger partial charge on any atom is 0.270 e. The summed E-state index contributed by atoms with van der Waals surface area (Å²) < 4.78 is 2.45. The van der Waals surface area contributed by atoms with Gasteiger partial charge in [0.2, 0.25) is 0 Å². The van der Waals surface area contributed by atoms with E-state index in [1.807, 2.05) is 31.1 Å². The van der Waals surface area contributed by atoms with E-state index in [0.29, 0.717) is 17.9 Å². The Balaban J connectivity index is 1.59. The van der Waals surface area contributed by atoms with E-state index in [1.165, 1.54) is 11.1 Å². The summed E-state index contributed by atoms with van der Waals surface area (Å²) in [6.45, 7) is 0.670. The molecule has 0 saturated carbocycles. The van der Waals surface area contributed by atoms with E-state index in [9.17, 15) is 4.79 Å². The fraction of sp³-hybridized carbons (Fsp3) is 0.316. The smallest absolute Gasteiger partial charge is 0.270 e. The van der Waals surface area contributed by atoms with Gasteiger partial charge in [-0.25, -0.2) is 9.50 Å². The highest BCUT2D eigenvalue weighted by atomic mass is 79.9. The Morgan fingerprint density at radius 1 is 1.27 bits per heavy atom. The Bertz CT molecular complexity index is 956. The van der Waals surface area contributed by atoms with Gasteiger partial charge in [-0.05, 0) is 60.1 Å². The maximum atomic E-state index is 12.9. The molecule has 0 atom stereocenters. The number of aromatic nitrogens is 3. The van der Waals surface area contributed by atoms with Crippen LogP contribution >= 0.6 is 15.9 Å². The van der Waals surface area contributed by atoms with Crippen LogP contribution in [0.4, 0.5) is 0 Å². The van der Waals surface area contributed by atoms with Crippen molar-refractivity contribution in [2.45, 2.75) is 25.4 Å². The van der Waals surface area contributed by atoms with Gasteiger partial charge in [-0.15, -0.1) is 0 Å². The molecule has 1 aliphatic carbocycles. The number of rotatable bonds is 4. The quantitative estimate of drug-likeness (QED) is 0.713. The number of nitrogens with one attached hydrogen (secondary N) is 1. The molecule has 0 aliphatic heterocycles. The van der Waals surface area contributed by atoms with Crippen molar-refractivity contribution >= 4 is 27.5 Å². The van der Waals surface area contributed by atoms with Crippen LogP contribution in [-0.4, -0.2) is 45.5 Å². The van der Waals surface area contributed by atoms with Crippen LogP contribution in [-0.2, 0) is 19.4 Å². The van der Waals surface area contributed by atoms with Gasteiger partial charge >= 0.3 is 0 Å². The molecule has 1 N–H and O–H groups in total. The molecular weight excluding hydrogens is 394 g/mol. The predicted octanol–water partition coefficient (Wildman–Crippen LogP) is 2.45. The van der Waals surface area contributed by atoms with Crippen LogP contribution in [0, 0.1) is 0 Å². The normalized spacial score (nSPS) is 14.2. The van der Waals surface area contributed by atoms with E-state index in [4.69, 9.17) is 0 Å². The molecule has 0 fully saturated rings. The Hall–Kier alpha value is -2.25. The summed E-state index contributed by atoms with van der Waals surface area (Å²) in [5.74, 6) is -0.124. The van der Waals surface area contributed by atoms with Gasteiger partial charge in [-0.2, -0.15) is 5.10 Å². The molecule has 0 radical (unpaired) electrons. The number of fused-ring (bicyclic) bond motifs is 2. The van der Waals surface area contributed by atoms with Crippen LogP contribution in [0.25, 0.3) is 5.65 Å². The van der Waals surface area contributed by atoms with E-state index < -0.39 is 0 Å². The molecule has 0 saturated heterocycles. The summed E-state index contributed by atoms with van der Waals surface area (Å²) >= 11 is 3.57. The average molecular weight is 414 g/mol. The Kier molecular flexibility index (Phi) is 4.50. The molecule has 1 amide bonds. The number of nitrogens with zero attached hydrogens (tertiary/aromatic N) is 4. The first kappa shape index (κ1) is 17.2. The van der Waals surface area contributed by atoms with Crippen LogP contribution in [0.5, 0.6) is 0 Å². The third-order valence-corrected chi connectivity index (χ3v) is 5.43. The highest BCUT2D eigenvalue weighted by Gasteiger charge is 2.24. The van der Waals surface area contributed by atoms with Crippen LogP contribution in [0.1, 0.15) is 27.3 Å². The maximum absolute atomic E-state index is 12.9. The summed E-state index contributed by atoms with van der Waals surface area (Å²) in [5, 5.41) is 7.74. The zero-order valence-corrected chi connectivity index (χ0v) is 16.3. The summed E-state index contributed by atoms with van der Waals surface area (Å²) in [6, 6.07) is 10.2. The summed E-state index contributed by atoms with van der Waals surface area (Å²) in [7, 11) is 3.96. The minimum absolute atomic E-state index is 0.114. The molecule has 0 bridgehead atoms. The van der Waals surface area contributed by atoms with Crippen molar-refractivity contribution in [2.24, 2.45) is 0 Å². The van der Waals surface area contributed by atoms with Crippen LogP contribution in [0.2, 0.25) is 0 Å². The molecule has 1 aliphatic rings. The zero-order chi connectivity index (χ0) is 18.3. The number of amides is 1. The minimum Gasteiger partial charge on any atom is -0.347 e. The SMILES string of the molecule is CN(C)Cc1nn2c(C(=O)NC3Cc4ccccc4C3)ccnc2c1Br. The van der Waals surface area contributed by atoms with Gasteiger partial charge in [0.15, 0.2) is 5.65 Å². The second kappa shape index (κ2) is 6.81. The van der Waals surface area contributed by atoms with E-state index >= 15 is 0 Å². The van der Waals surface area contributed by atoms with Gasteiger partial charge in [-0.1, -0.05) is 24.3 Å². The van der Waals surface area contributed by atoms with Crippen molar-refractivity contribution in [3.63, 3.8) is 0 Å². The van der Waals surface area contributed by atoms with Gasteiger partial charge in [-0.3, -0.25) is 4.79 Å². The molecule has 1 aromatic carbocycles. The lowest BCUT2D eigenvalue weighted by Gasteiger charge is -2.12. The van der Waals surface area contributed by atoms with Crippen molar-refractivity contribution in [2.75, 3.05) is 14.1 Å². The molecule has 7 heteroatoms. The number of benzene rings is 1. The van der Waals surface area contributed by atoms with Gasteiger partial charge in [0.05, 0.1) is 10.2 Å². The topological polar surface area (TPSA) is 62.5 Å². The van der Waals surface area contributed by atoms with Crippen LogP contribution < -0.4 is 5.32 Å². The Morgan fingerprint density at radius 3 is 2.62 bits per heavy atom. The highest BCUT2D eigenvalue weighted by molar-refractivity contribution is 9.10. The molecule has 4 rings (SSSR count). The Labute approximate surface area is 160 Å². The third-order valence-electron chi connectivity index (χ3n) is 4.61. The van der Waals surface area contributed by atoms with Crippen molar-refractivity contribution < 1.29 is 4.79 Å². The third kappa shape index (κ3) is 3.12. The van der Waals surface area contributed by atoms with Crippen molar-refractivity contribution in [1.82, 2.24) is 24.8 Å². The summed E-state index contributed by atoms with van der Waals surface area (Å²) in [6.07, 6.45) is 3.38. The fourth-order valence-corrected chi connectivity index (χ4v) is 3.93. The molecule has 0 spiro atoms. The lowest BCUT2D eigenvalue weighted by molar-refractivity contribution is 0.0931. The van der Waals surface area contributed by atoms with E-state index in [2.05, 4.69) is 43.5 Å². The number of hydrogen-bond acceptors (Lipinski definition) is 4. The highest BCUT2D eigenvalue weighted by Crippen LogP contribution is 2.24. The van der Waals surface area contributed by atoms with E-state index in [0.717, 1.165) is 23.0 Å². The van der Waals surface area contributed by atoms with E-state index in [1.54, 1.807) is 16.8 Å². The number of halogens is 1. The van der Waals surface area contributed by atoms with Crippen LogP contribution in [0.15, 0.2) is 41.0 Å². The standard InChI is InChI=1S/C19H20BrN5O/c1-24(2)11-15-17(20)18-21-8-7-16(25(18)23-15)19(26)22-14-9-12-5-3-4-6-13(12)10-14/h3-8,14H,9-11H2,1-2H3,(H,22,26). The number of carbonyl (C=O) groups is 1. The number of carbonyl (C=O) groups excluding carboxylic acids is 1. The van der Waals surface area contributed by atoms with Gasteiger partial charge in [0, 0.05) is 18.8 Å². The van der Waals surface area contributed by atoms with Gasteiger partial charge in [0.25, 0.3) is 5.91 Å². The molecule has 26 heavy (non-hydrogen) atoms. The molecular formula is C19H20BrN5O. The monoisotopic (exact) mass is 413 g/mol. The van der Waals surface area contributed by atoms with Crippen molar-refractivity contribution in [1.29, 1.82) is 0 Å². The van der Waals surface area contributed by atoms with Gasteiger partial charge < -0.3 is 10.2 Å². The zero-order valence-electron chi connectivity index (χ0n) is 14.7. The predicted molar refractivity (Wildman–Crippen MR) is 103 cm³/mol. The Morgan fingerprint density at radius 2 is 1.96 bits per heavy atom. The molecule has 2 heterocycles. The molecule has 0 unspecified atom stereocenters. The fourth-order valence-electron chi connectivity index (χ4n) is 3.46. The molecule has 3 aromatic rings. The first-order valence-corrected chi connectivity index (χ1v) is 9.36. The van der Waals surface area contributed by atoms with Crippen LogP contribution in [0.3, 0.4) is 0 Å². The largest absolute Gasteiger partial charge is 0.347 e. The lowest BCUT2D eigenvalue weighted by Crippen LogP contribution is -2.36. The average Bonchev–Trinajstić information content (AvgIpc) is 3.15. The molecule has 134 valence electrons. The summed E-state index contributed by atoms with van der Waals surface area (Å²) in [5.41, 5.74) is 4.64. The minimum atomic E-state index is -0.124. The first-order valence-electron chi connectivity index (χ1n) is 8.57. The van der Waals surface area contributed by atoms with Gasteiger partial charge in [0.1, 0.15) is 5.69 Å².